The standard InChI is InChI=1S/C14H19ClN2O.ClH/c1-9(10(2)16)13(18)17-14(6-7-14)11-4-3-5-12(15)8-11;/h3-5,8-10H,6-7,16H2,1-2H3,(H,17,18);1H. The van der Waals surface area contributed by atoms with Crippen molar-refractivity contribution in [2.45, 2.75) is 38.3 Å². The lowest BCUT2D eigenvalue weighted by atomic mass is 10.0. The van der Waals surface area contributed by atoms with Gasteiger partial charge < -0.3 is 11.1 Å². The van der Waals surface area contributed by atoms with Crippen LogP contribution < -0.4 is 11.1 Å². The zero-order valence-corrected chi connectivity index (χ0v) is 12.7. The number of carbonyl (C=O) groups is 1. The number of halogens is 2. The molecule has 3 nitrogen and oxygen atoms in total. The van der Waals surface area contributed by atoms with Crippen LogP contribution in [-0.4, -0.2) is 11.9 Å². The highest BCUT2D eigenvalue weighted by Gasteiger charge is 2.46. The van der Waals surface area contributed by atoms with Crippen molar-refractivity contribution in [3.05, 3.63) is 34.9 Å². The Morgan fingerprint density at radius 1 is 1.42 bits per heavy atom. The smallest absolute Gasteiger partial charge is 0.225 e. The number of hydrogen-bond acceptors (Lipinski definition) is 2. The van der Waals surface area contributed by atoms with Crippen LogP contribution in [0.2, 0.25) is 5.02 Å². The lowest BCUT2D eigenvalue weighted by Crippen LogP contribution is -2.43. The van der Waals surface area contributed by atoms with Gasteiger partial charge in [0.15, 0.2) is 0 Å². The molecule has 2 rings (SSSR count). The molecule has 5 heteroatoms. The maximum Gasteiger partial charge on any atom is 0.225 e. The van der Waals surface area contributed by atoms with E-state index in [-0.39, 0.29) is 35.8 Å². The van der Waals surface area contributed by atoms with Crippen LogP contribution >= 0.6 is 24.0 Å². The first-order chi connectivity index (χ1) is 8.44. The molecular weight excluding hydrogens is 283 g/mol. The van der Waals surface area contributed by atoms with E-state index >= 15 is 0 Å². The van der Waals surface area contributed by atoms with Crippen LogP contribution in [0.5, 0.6) is 0 Å². The quantitative estimate of drug-likeness (QED) is 0.898. The van der Waals surface area contributed by atoms with Gasteiger partial charge in [-0.2, -0.15) is 0 Å². The fourth-order valence-corrected chi connectivity index (χ4v) is 2.18. The lowest BCUT2D eigenvalue weighted by molar-refractivity contribution is -0.126. The van der Waals surface area contributed by atoms with Gasteiger partial charge in [0, 0.05) is 17.0 Å². The van der Waals surface area contributed by atoms with Crippen molar-refractivity contribution in [3.8, 4) is 0 Å². The highest BCUT2D eigenvalue weighted by molar-refractivity contribution is 6.30. The van der Waals surface area contributed by atoms with Gasteiger partial charge in [-0.1, -0.05) is 30.7 Å². The second kappa shape index (κ2) is 6.12. The molecule has 1 aliphatic carbocycles. The molecule has 2 atom stereocenters. The number of hydrogen-bond donors (Lipinski definition) is 2. The average Bonchev–Trinajstić information content (AvgIpc) is 3.09. The van der Waals surface area contributed by atoms with E-state index in [2.05, 4.69) is 5.32 Å². The van der Waals surface area contributed by atoms with Crippen LogP contribution in [0, 0.1) is 5.92 Å². The van der Waals surface area contributed by atoms with E-state index in [9.17, 15) is 4.79 Å². The first kappa shape index (κ1) is 16.3. The summed E-state index contributed by atoms with van der Waals surface area (Å²) in [4.78, 5) is 12.1. The maximum atomic E-state index is 12.1. The summed E-state index contributed by atoms with van der Waals surface area (Å²) < 4.78 is 0. The molecule has 1 fully saturated rings. The zero-order valence-electron chi connectivity index (χ0n) is 11.2. The highest BCUT2D eigenvalue weighted by atomic mass is 35.5. The average molecular weight is 303 g/mol. The third-order valence-corrected chi connectivity index (χ3v) is 3.93. The summed E-state index contributed by atoms with van der Waals surface area (Å²) in [7, 11) is 0. The molecule has 0 aromatic heterocycles. The van der Waals surface area contributed by atoms with Crippen LogP contribution in [0.15, 0.2) is 24.3 Å². The van der Waals surface area contributed by atoms with E-state index in [4.69, 9.17) is 17.3 Å². The molecule has 0 bridgehead atoms. The minimum absolute atomic E-state index is 0. The Morgan fingerprint density at radius 2 is 2.05 bits per heavy atom. The van der Waals surface area contributed by atoms with E-state index in [1.165, 1.54) is 0 Å². The molecule has 3 N–H and O–H groups in total. The first-order valence-corrected chi connectivity index (χ1v) is 6.66. The summed E-state index contributed by atoms with van der Waals surface area (Å²) in [5.41, 5.74) is 6.62. The van der Waals surface area contributed by atoms with Crippen LogP contribution in [-0.2, 0) is 10.3 Å². The largest absolute Gasteiger partial charge is 0.346 e. The normalized spacial score (nSPS) is 18.9. The molecule has 1 aromatic rings. The van der Waals surface area contributed by atoms with Gasteiger partial charge in [-0.3, -0.25) is 4.79 Å². The van der Waals surface area contributed by atoms with Crippen molar-refractivity contribution < 1.29 is 4.79 Å². The third-order valence-electron chi connectivity index (χ3n) is 3.69. The molecule has 0 radical (unpaired) electrons. The van der Waals surface area contributed by atoms with Crippen molar-refractivity contribution in [3.63, 3.8) is 0 Å². The second-order valence-electron chi connectivity index (χ2n) is 5.23. The Morgan fingerprint density at radius 3 is 2.53 bits per heavy atom. The van der Waals surface area contributed by atoms with Crippen molar-refractivity contribution >= 4 is 29.9 Å². The van der Waals surface area contributed by atoms with Crippen molar-refractivity contribution in [2.75, 3.05) is 0 Å². The first-order valence-electron chi connectivity index (χ1n) is 6.28. The Hall–Kier alpha value is -0.770. The van der Waals surface area contributed by atoms with Gasteiger partial charge in [-0.15, -0.1) is 12.4 Å². The fraction of sp³-hybridized carbons (Fsp3) is 0.500. The Labute approximate surface area is 125 Å². The van der Waals surface area contributed by atoms with Crippen LogP contribution in [0.1, 0.15) is 32.3 Å². The number of nitrogens with two attached hydrogens (primary N) is 1. The van der Waals surface area contributed by atoms with Gasteiger partial charge in [0.1, 0.15) is 0 Å². The van der Waals surface area contributed by atoms with Crippen molar-refractivity contribution in [2.24, 2.45) is 11.7 Å². The van der Waals surface area contributed by atoms with Gasteiger partial charge in [0.05, 0.1) is 5.54 Å². The number of nitrogens with one attached hydrogen (secondary N) is 1. The van der Waals surface area contributed by atoms with E-state index in [1.54, 1.807) is 0 Å². The Bertz CT molecular complexity index is 459. The highest BCUT2D eigenvalue weighted by Crippen LogP contribution is 2.46. The zero-order chi connectivity index (χ0) is 13.3. The second-order valence-corrected chi connectivity index (χ2v) is 5.67. The number of amides is 1. The predicted molar refractivity (Wildman–Crippen MR) is 80.6 cm³/mol. The van der Waals surface area contributed by atoms with Crippen LogP contribution in [0.4, 0.5) is 0 Å². The van der Waals surface area contributed by atoms with Crippen molar-refractivity contribution in [1.29, 1.82) is 0 Å². The molecule has 1 saturated carbocycles. The number of rotatable bonds is 4. The number of benzene rings is 1. The van der Waals surface area contributed by atoms with E-state index in [0.29, 0.717) is 5.02 Å². The molecule has 1 aromatic carbocycles. The molecule has 106 valence electrons. The molecule has 1 amide bonds. The monoisotopic (exact) mass is 302 g/mol. The summed E-state index contributed by atoms with van der Waals surface area (Å²) in [6, 6.07) is 7.55. The maximum absolute atomic E-state index is 12.1. The topological polar surface area (TPSA) is 55.1 Å². The molecule has 0 aliphatic heterocycles. The summed E-state index contributed by atoms with van der Waals surface area (Å²) in [5.74, 6) is -0.163. The molecule has 0 spiro atoms. The Kier molecular flexibility index (Phi) is 5.25. The van der Waals surface area contributed by atoms with Crippen LogP contribution in [0.25, 0.3) is 0 Å². The minimum Gasteiger partial charge on any atom is -0.346 e. The molecule has 2 unspecified atom stereocenters. The van der Waals surface area contributed by atoms with E-state index < -0.39 is 0 Å². The summed E-state index contributed by atoms with van der Waals surface area (Å²) in [6.07, 6.45) is 1.93. The van der Waals surface area contributed by atoms with E-state index in [0.717, 1.165) is 18.4 Å². The van der Waals surface area contributed by atoms with Gasteiger partial charge in [0.2, 0.25) is 5.91 Å². The van der Waals surface area contributed by atoms with Gasteiger partial charge >= 0.3 is 0 Å². The lowest BCUT2D eigenvalue weighted by Gasteiger charge is -2.22. The van der Waals surface area contributed by atoms with E-state index in [1.807, 2.05) is 38.1 Å². The van der Waals surface area contributed by atoms with Crippen molar-refractivity contribution in [1.82, 2.24) is 5.32 Å². The molecular formula is C14H20Cl2N2O. The predicted octanol–water partition coefficient (Wildman–Crippen LogP) is 2.85. The molecule has 0 heterocycles. The number of carbonyl (C=O) groups excluding carboxylic acids is 1. The SMILES string of the molecule is CC(N)C(C)C(=O)NC1(c2cccc(Cl)c2)CC1.Cl. The van der Waals surface area contributed by atoms with Gasteiger partial charge in [-0.05, 0) is 37.5 Å². The van der Waals surface area contributed by atoms with Crippen LogP contribution in [0.3, 0.4) is 0 Å². The summed E-state index contributed by atoms with van der Waals surface area (Å²) in [6.45, 7) is 3.71. The Balaban J connectivity index is 0.00000180. The molecule has 19 heavy (non-hydrogen) atoms. The molecule has 1 aliphatic rings. The van der Waals surface area contributed by atoms with Gasteiger partial charge in [-0.25, -0.2) is 0 Å². The fourth-order valence-electron chi connectivity index (χ4n) is 1.99. The third kappa shape index (κ3) is 3.62. The summed E-state index contributed by atoms with van der Waals surface area (Å²) in [5, 5.41) is 3.82. The molecule has 0 saturated heterocycles. The van der Waals surface area contributed by atoms with Gasteiger partial charge in [0.25, 0.3) is 0 Å². The summed E-state index contributed by atoms with van der Waals surface area (Å²) >= 11 is 6.00. The minimum atomic E-state index is -0.217.